The van der Waals surface area contributed by atoms with Crippen molar-refractivity contribution in [1.29, 1.82) is 0 Å². The molecule has 9 heteroatoms. The summed E-state index contributed by atoms with van der Waals surface area (Å²) in [5.74, 6) is -0.460. The zero-order valence-electron chi connectivity index (χ0n) is 14.8. The third-order valence-electron chi connectivity index (χ3n) is 3.18. The lowest BCUT2D eigenvalue weighted by molar-refractivity contribution is -0.128. The summed E-state index contributed by atoms with van der Waals surface area (Å²) >= 11 is 0. The second-order valence-electron chi connectivity index (χ2n) is 6.52. The van der Waals surface area contributed by atoms with Crippen molar-refractivity contribution in [1.82, 2.24) is 10.0 Å². The Hall–Kier alpha value is -1.97. The van der Waals surface area contributed by atoms with E-state index >= 15 is 0 Å². The van der Waals surface area contributed by atoms with Crippen molar-refractivity contribution in [2.75, 3.05) is 25.0 Å². The first-order chi connectivity index (χ1) is 11.6. The summed E-state index contributed by atoms with van der Waals surface area (Å²) in [5, 5.41) is 5.30. The SMILES string of the molecule is CC(C)(C)C(=O)NCCC(=O)Nc1cccc(S(=O)(=O)NCCN)c1. The maximum Gasteiger partial charge on any atom is 0.240 e. The van der Waals surface area contributed by atoms with Crippen LogP contribution < -0.4 is 21.1 Å². The van der Waals surface area contributed by atoms with Gasteiger partial charge in [-0.05, 0) is 18.2 Å². The molecule has 0 spiro atoms. The molecule has 1 aromatic carbocycles. The number of anilines is 1. The molecule has 0 aromatic heterocycles. The quantitative estimate of drug-likeness (QED) is 0.527. The lowest BCUT2D eigenvalue weighted by Gasteiger charge is -2.17. The van der Waals surface area contributed by atoms with Crippen molar-refractivity contribution < 1.29 is 18.0 Å². The fourth-order valence-corrected chi connectivity index (χ4v) is 2.89. The smallest absolute Gasteiger partial charge is 0.240 e. The van der Waals surface area contributed by atoms with Gasteiger partial charge < -0.3 is 16.4 Å². The van der Waals surface area contributed by atoms with Crippen LogP contribution in [0.4, 0.5) is 5.69 Å². The maximum absolute atomic E-state index is 12.0. The molecule has 0 aliphatic rings. The normalized spacial score (nSPS) is 11.8. The summed E-state index contributed by atoms with van der Waals surface area (Å²) in [5.41, 5.74) is 5.14. The van der Waals surface area contributed by atoms with E-state index in [0.717, 1.165) is 0 Å². The van der Waals surface area contributed by atoms with Gasteiger partial charge in [-0.1, -0.05) is 26.8 Å². The van der Waals surface area contributed by atoms with E-state index < -0.39 is 15.4 Å². The Balaban J connectivity index is 2.61. The summed E-state index contributed by atoms with van der Waals surface area (Å²) in [6, 6.07) is 5.92. The third kappa shape index (κ3) is 7.20. The molecule has 0 aliphatic heterocycles. The van der Waals surface area contributed by atoms with Gasteiger partial charge in [-0.15, -0.1) is 0 Å². The molecule has 0 bridgehead atoms. The van der Waals surface area contributed by atoms with Crippen molar-refractivity contribution in [2.45, 2.75) is 32.1 Å². The van der Waals surface area contributed by atoms with Crippen molar-refractivity contribution in [3.8, 4) is 0 Å². The molecule has 8 nitrogen and oxygen atoms in total. The molecule has 140 valence electrons. The average Bonchev–Trinajstić information content (AvgIpc) is 2.52. The van der Waals surface area contributed by atoms with E-state index in [1.807, 2.05) is 0 Å². The molecule has 0 atom stereocenters. The second kappa shape index (κ2) is 8.93. The molecular weight excluding hydrogens is 344 g/mol. The largest absolute Gasteiger partial charge is 0.355 e. The van der Waals surface area contributed by atoms with Crippen LogP contribution in [-0.4, -0.2) is 39.9 Å². The van der Waals surface area contributed by atoms with Gasteiger partial charge in [0.05, 0.1) is 4.90 Å². The van der Waals surface area contributed by atoms with Gasteiger partial charge in [-0.3, -0.25) is 9.59 Å². The fourth-order valence-electron chi connectivity index (χ4n) is 1.80. The first-order valence-corrected chi connectivity index (χ1v) is 9.42. The summed E-state index contributed by atoms with van der Waals surface area (Å²) < 4.78 is 26.4. The number of carbonyl (C=O) groups is 2. The van der Waals surface area contributed by atoms with Crippen LogP contribution >= 0.6 is 0 Å². The van der Waals surface area contributed by atoms with E-state index in [0.29, 0.717) is 5.69 Å². The minimum Gasteiger partial charge on any atom is -0.355 e. The van der Waals surface area contributed by atoms with Crippen LogP contribution in [0.25, 0.3) is 0 Å². The highest BCUT2D eigenvalue weighted by atomic mass is 32.2. The molecule has 0 heterocycles. The minimum absolute atomic E-state index is 0.0415. The first-order valence-electron chi connectivity index (χ1n) is 7.94. The molecule has 2 amide bonds. The molecule has 0 saturated heterocycles. The topological polar surface area (TPSA) is 130 Å². The van der Waals surface area contributed by atoms with Crippen LogP contribution in [0.2, 0.25) is 0 Å². The van der Waals surface area contributed by atoms with E-state index in [4.69, 9.17) is 5.73 Å². The van der Waals surface area contributed by atoms with Gasteiger partial charge in [0.2, 0.25) is 21.8 Å². The van der Waals surface area contributed by atoms with Gasteiger partial charge in [0, 0.05) is 37.2 Å². The standard InChI is InChI=1S/C16H26N4O4S/c1-16(2,3)15(22)18-9-7-14(21)20-12-5-4-6-13(11-12)25(23,24)19-10-8-17/h4-6,11,19H,7-10,17H2,1-3H3,(H,18,22)(H,20,21). The predicted octanol–water partition coefficient (Wildman–Crippen LogP) is 0.415. The van der Waals surface area contributed by atoms with Gasteiger partial charge in [0.1, 0.15) is 0 Å². The zero-order chi connectivity index (χ0) is 19.1. The van der Waals surface area contributed by atoms with Gasteiger partial charge in [-0.25, -0.2) is 13.1 Å². The van der Waals surface area contributed by atoms with Gasteiger partial charge in [-0.2, -0.15) is 0 Å². The first kappa shape index (κ1) is 21.1. The summed E-state index contributed by atoms with van der Waals surface area (Å²) in [7, 11) is -3.66. The number of carbonyl (C=O) groups excluding carboxylic acids is 2. The van der Waals surface area contributed by atoms with Crippen molar-refractivity contribution in [2.24, 2.45) is 11.1 Å². The van der Waals surface area contributed by atoms with Crippen LogP contribution in [0.5, 0.6) is 0 Å². The number of nitrogens with one attached hydrogen (secondary N) is 3. The summed E-state index contributed by atoms with van der Waals surface area (Å²) in [6.45, 7) is 5.88. The van der Waals surface area contributed by atoms with E-state index in [1.54, 1.807) is 26.8 Å². The van der Waals surface area contributed by atoms with Crippen molar-refractivity contribution >= 4 is 27.5 Å². The molecule has 0 fully saturated rings. The number of benzene rings is 1. The Labute approximate surface area is 148 Å². The highest BCUT2D eigenvalue weighted by Crippen LogP contribution is 2.15. The molecule has 1 rings (SSSR count). The number of rotatable bonds is 8. The Morgan fingerprint density at radius 2 is 1.84 bits per heavy atom. The molecular formula is C16H26N4O4S. The van der Waals surface area contributed by atoms with Crippen LogP contribution in [-0.2, 0) is 19.6 Å². The lowest BCUT2D eigenvalue weighted by atomic mass is 9.96. The van der Waals surface area contributed by atoms with Gasteiger partial charge in [0.15, 0.2) is 0 Å². The molecule has 5 N–H and O–H groups in total. The average molecular weight is 370 g/mol. The number of hydrogen-bond acceptors (Lipinski definition) is 5. The number of amides is 2. The van der Waals surface area contributed by atoms with E-state index in [1.165, 1.54) is 18.2 Å². The van der Waals surface area contributed by atoms with Crippen LogP contribution in [0, 0.1) is 5.41 Å². The number of hydrogen-bond donors (Lipinski definition) is 4. The highest BCUT2D eigenvalue weighted by Gasteiger charge is 2.20. The van der Waals surface area contributed by atoms with Gasteiger partial charge in [0.25, 0.3) is 0 Å². The number of nitrogens with two attached hydrogens (primary N) is 1. The van der Waals surface area contributed by atoms with Crippen molar-refractivity contribution in [3.63, 3.8) is 0 Å². The third-order valence-corrected chi connectivity index (χ3v) is 4.64. The molecule has 25 heavy (non-hydrogen) atoms. The summed E-state index contributed by atoms with van der Waals surface area (Å²) in [4.78, 5) is 23.7. The number of sulfonamides is 1. The zero-order valence-corrected chi connectivity index (χ0v) is 15.6. The Bertz CT molecular complexity index is 711. The maximum atomic E-state index is 12.0. The molecule has 1 aromatic rings. The fraction of sp³-hybridized carbons (Fsp3) is 0.500. The van der Waals surface area contributed by atoms with Crippen LogP contribution in [0.3, 0.4) is 0 Å². The predicted molar refractivity (Wildman–Crippen MR) is 96.4 cm³/mol. The molecule has 0 saturated carbocycles. The van der Waals surface area contributed by atoms with E-state index in [2.05, 4.69) is 15.4 Å². The Kier molecular flexibility index (Phi) is 7.53. The Morgan fingerprint density at radius 3 is 2.44 bits per heavy atom. The molecule has 0 unspecified atom stereocenters. The highest BCUT2D eigenvalue weighted by molar-refractivity contribution is 7.89. The van der Waals surface area contributed by atoms with E-state index in [-0.39, 0.29) is 42.8 Å². The lowest BCUT2D eigenvalue weighted by Crippen LogP contribution is -2.36. The monoisotopic (exact) mass is 370 g/mol. The summed E-state index contributed by atoms with van der Waals surface area (Å²) in [6.07, 6.45) is 0.0875. The molecule has 0 aliphatic carbocycles. The Morgan fingerprint density at radius 1 is 1.16 bits per heavy atom. The van der Waals surface area contributed by atoms with Gasteiger partial charge >= 0.3 is 0 Å². The minimum atomic E-state index is -3.66. The van der Waals surface area contributed by atoms with E-state index in [9.17, 15) is 18.0 Å². The molecule has 0 radical (unpaired) electrons. The van der Waals surface area contributed by atoms with Crippen LogP contribution in [0.1, 0.15) is 27.2 Å². The van der Waals surface area contributed by atoms with Crippen LogP contribution in [0.15, 0.2) is 29.2 Å². The van der Waals surface area contributed by atoms with Crippen molar-refractivity contribution in [3.05, 3.63) is 24.3 Å². The second-order valence-corrected chi connectivity index (χ2v) is 8.29.